The van der Waals surface area contributed by atoms with Gasteiger partial charge >= 0.3 is 0 Å². The average Bonchev–Trinajstić information content (AvgIpc) is 2.72. The standard InChI is InChI=1S/C12H15BrN4O/c1-8(14)10-4-3-9(13)5-11(10)18-6-12-16-15-7-17(12)2/h3-5,7-8H,6,14H2,1-2H3. The maximum atomic E-state index is 5.91. The number of aromatic nitrogens is 3. The highest BCUT2D eigenvalue weighted by atomic mass is 79.9. The van der Waals surface area contributed by atoms with Crippen LogP contribution in [0.4, 0.5) is 0 Å². The highest BCUT2D eigenvalue weighted by molar-refractivity contribution is 9.10. The number of rotatable bonds is 4. The van der Waals surface area contributed by atoms with Gasteiger partial charge in [-0.15, -0.1) is 10.2 Å². The monoisotopic (exact) mass is 310 g/mol. The van der Waals surface area contributed by atoms with Crippen molar-refractivity contribution in [2.24, 2.45) is 12.8 Å². The fourth-order valence-electron chi connectivity index (χ4n) is 1.59. The van der Waals surface area contributed by atoms with Crippen LogP contribution in [0.5, 0.6) is 5.75 Å². The van der Waals surface area contributed by atoms with Gasteiger partial charge < -0.3 is 15.0 Å². The second-order valence-electron chi connectivity index (χ2n) is 4.12. The van der Waals surface area contributed by atoms with Crippen molar-refractivity contribution >= 4 is 15.9 Å². The van der Waals surface area contributed by atoms with Gasteiger partial charge in [-0.2, -0.15) is 0 Å². The lowest BCUT2D eigenvalue weighted by Gasteiger charge is -2.14. The summed E-state index contributed by atoms with van der Waals surface area (Å²) in [5.74, 6) is 1.54. The number of hydrogen-bond acceptors (Lipinski definition) is 4. The number of ether oxygens (including phenoxy) is 1. The van der Waals surface area contributed by atoms with Crippen molar-refractivity contribution in [2.75, 3.05) is 0 Å². The smallest absolute Gasteiger partial charge is 0.170 e. The first-order chi connectivity index (χ1) is 8.58. The van der Waals surface area contributed by atoms with Crippen LogP contribution < -0.4 is 10.5 Å². The first-order valence-corrected chi connectivity index (χ1v) is 6.38. The van der Waals surface area contributed by atoms with Crippen molar-refractivity contribution in [3.8, 4) is 5.75 Å². The minimum atomic E-state index is -0.0763. The lowest BCUT2D eigenvalue weighted by atomic mass is 10.1. The van der Waals surface area contributed by atoms with Gasteiger partial charge in [-0.05, 0) is 19.1 Å². The van der Waals surface area contributed by atoms with Crippen LogP contribution in [-0.4, -0.2) is 14.8 Å². The van der Waals surface area contributed by atoms with E-state index in [0.717, 1.165) is 21.6 Å². The number of benzene rings is 1. The fraction of sp³-hybridized carbons (Fsp3) is 0.333. The van der Waals surface area contributed by atoms with Crippen molar-refractivity contribution in [3.05, 3.63) is 40.4 Å². The molecule has 0 saturated heterocycles. The Morgan fingerprint density at radius 2 is 2.28 bits per heavy atom. The summed E-state index contributed by atoms with van der Waals surface area (Å²) in [4.78, 5) is 0. The molecule has 0 saturated carbocycles. The molecule has 1 unspecified atom stereocenters. The zero-order valence-corrected chi connectivity index (χ0v) is 11.9. The summed E-state index contributed by atoms with van der Waals surface area (Å²) in [6.45, 7) is 2.30. The Morgan fingerprint density at radius 1 is 1.50 bits per heavy atom. The van der Waals surface area contributed by atoms with Crippen molar-refractivity contribution < 1.29 is 4.74 Å². The molecule has 18 heavy (non-hydrogen) atoms. The molecule has 5 nitrogen and oxygen atoms in total. The van der Waals surface area contributed by atoms with Gasteiger partial charge in [0, 0.05) is 23.1 Å². The molecule has 0 spiro atoms. The van der Waals surface area contributed by atoms with Crippen molar-refractivity contribution in [3.63, 3.8) is 0 Å². The molecule has 2 N–H and O–H groups in total. The van der Waals surface area contributed by atoms with E-state index in [1.54, 1.807) is 6.33 Å². The third-order valence-corrected chi connectivity index (χ3v) is 3.12. The molecular formula is C12H15BrN4O. The van der Waals surface area contributed by atoms with Crippen LogP contribution in [0.25, 0.3) is 0 Å². The number of halogens is 1. The molecule has 1 aromatic heterocycles. The maximum Gasteiger partial charge on any atom is 0.170 e. The third kappa shape index (κ3) is 2.88. The van der Waals surface area contributed by atoms with E-state index in [-0.39, 0.29) is 6.04 Å². The van der Waals surface area contributed by atoms with E-state index in [1.165, 1.54) is 0 Å². The van der Waals surface area contributed by atoms with Gasteiger partial charge in [-0.1, -0.05) is 22.0 Å². The molecule has 1 aromatic carbocycles. The predicted octanol–water partition coefficient (Wildman–Crippen LogP) is 2.18. The molecule has 1 heterocycles. The largest absolute Gasteiger partial charge is 0.485 e. The highest BCUT2D eigenvalue weighted by Gasteiger charge is 2.10. The highest BCUT2D eigenvalue weighted by Crippen LogP contribution is 2.28. The Balaban J connectivity index is 2.18. The van der Waals surface area contributed by atoms with Gasteiger partial charge in [0.1, 0.15) is 18.7 Å². The molecular weight excluding hydrogens is 296 g/mol. The molecule has 0 amide bonds. The van der Waals surface area contributed by atoms with Crippen molar-refractivity contribution in [1.82, 2.24) is 14.8 Å². The predicted molar refractivity (Wildman–Crippen MR) is 72.1 cm³/mol. The van der Waals surface area contributed by atoms with Gasteiger partial charge in [0.2, 0.25) is 0 Å². The zero-order chi connectivity index (χ0) is 13.1. The number of nitrogens with zero attached hydrogens (tertiary/aromatic N) is 3. The van der Waals surface area contributed by atoms with Crippen LogP contribution in [-0.2, 0) is 13.7 Å². The van der Waals surface area contributed by atoms with E-state index in [0.29, 0.717) is 6.61 Å². The fourth-order valence-corrected chi connectivity index (χ4v) is 1.93. The molecule has 0 aliphatic rings. The van der Waals surface area contributed by atoms with Crippen LogP contribution in [0.15, 0.2) is 29.0 Å². The van der Waals surface area contributed by atoms with E-state index in [2.05, 4.69) is 26.1 Å². The Labute approximate surface area is 114 Å². The van der Waals surface area contributed by atoms with E-state index < -0.39 is 0 Å². The summed E-state index contributed by atoms with van der Waals surface area (Å²) in [6.07, 6.45) is 1.64. The topological polar surface area (TPSA) is 66.0 Å². The van der Waals surface area contributed by atoms with E-state index >= 15 is 0 Å². The molecule has 0 aliphatic carbocycles. The molecule has 0 fully saturated rings. The van der Waals surface area contributed by atoms with Gasteiger partial charge in [0.15, 0.2) is 5.82 Å². The second kappa shape index (κ2) is 5.49. The van der Waals surface area contributed by atoms with Gasteiger partial charge in [0.25, 0.3) is 0 Å². The third-order valence-electron chi connectivity index (χ3n) is 2.63. The Hall–Kier alpha value is -1.40. The van der Waals surface area contributed by atoms with Crippen LogP contribution in [0.3, 0.4) is 0 Å². The maximum absolute atomic E-state index is 5.91. The lowest BCUT2D eigenvalue weighted by molar-refractivity contribution is 0.287. The average molecular weight is 311 g/mol. The first-order valence-electron chi connectivity index (χ1n) is 5.58. The van der Waals surface area contributed by atoms with Gasteiger partial charge in [-0.3, -0.25) is 0 Å². The molecule has 2 aromatic rings. The first kappa shape index (κ1) is 13.0. The van der Waals surface area contributed by atoms with E-state index in [9.17, 15) is 0 Å². The minimum Gasteiger partial charge on any atom is -0.485 e. The molecule has 0 radical (unpaired) electrons. The normalized spacial score (nSPS) is 12.4. The van der Waals surface area contributed by atoms with Gasteiger partial charge in [0.05, 0.1) is 0 Å². The van der Waals surface area contributed by atoms with Crippen LogP contribution >= 0.6 is 15.9 Å². The SMILES string of the molecule is CC(N)c1ccc(Br)cc1OCc1nncn1C. The molecule has 1 atom stereocenters. The van der Waals surface area contributed by atoms with Crippen molar-refractivity contribution in [2.45, 2.75) is 19.6 Å². The van der Waals surface area contributed by atoms with Crippen molar-refractivity contribution in [1.29, 1.82) is 0 Å². The summed E-state index contributed by atoms with van der Waals surface area (Å²) >= 11 is 3.42. The molecule has 6 heteroatoms. The van der Waals surface area contributed by atoms with E-state index in [4.69, 9.17) is 10.5 Å². The summed E-state index contributed by atoms with van der Waals surface area (Å²) in [5.41, 5.74) is 6.89. The quantitative estimate of drug-likeness (QED) is 0.940. The minimum absolute atomic E-state index is 0.0763. The lowest BCUT2D eigenvalue weighted by Crippen LogP contribution is -2.09. The summed E-state index contributed by atoms with van der Waals surface area (Å²) in [5, 5.41) is 7.78. The molecule has 0 aliphatic heterocycles. The molecule has 2 rings (SSSR count). The summed E-state index contributed by atoms with van der Waals surface area (Å²) in [6, 6.07) is 5.75. The Bertz CT molecular complexity index is 539. The van der Waals surface area contributed by atoms with Crippen LogP contribution in [0.2, 0.25) is 0 Å². The summed E-state index contributed by atoms with van der Waals surface area (Å²) < 4.78 is 8.55. The number of nitrogens with two attached hydrogens (primary N) is 1. The summed E-state index contributed by atoms with van der Waals surface area (Å²) in [7, 11) is 1.88. The van der Waals surface area contributed by atoms with Crippen LogP contribution in [0.1, 0.15) is 24.4 Å². The number of aryl methyl sites for hydroxylation is 1. The van der Waals surface area contributed by atoms with Crippen LogP contribution in [0, 0.1) is 0 Å². The second-order valence-corrected chi connectivity index (χ2v) is 5.03. The molecule has 96 valence electrons. The Kier molecular flexibility index (Phi) is 3.98. The zero-order valence-electron chi connectivity index (χ0n) is 10.3. The number of hydrogen-bond donors (Lipinski definition) is 1. The Morgan fingerprint density at radius 3 is 2.89 bits per heavy atom. The molecule has 0 bridgehead atoms. The van der Waals surface area contributed by atoms with Gasteiger partial charge in [-0.25, -0.2) is 0 Å². The van der Waals surface area contributed by atoms with E-state index in [1.807, 2.05) is 36.7 Å².